The Morgan fingerprint density at radius 2 is 1.71 bits per heavy atom. The van der Waals surface area contributed by atoms with Crippen LogP contribution in [-0.2, 0) is 16.0 Å². The van der Waals surface area contributed by atoms with Gasteiger partial charge in [-0.1, -0.05) is 46.8 Å². The van der Waals surface area contributed by atoms with E-state index in [4.69, 9.17) is 0 Å². The molecule has 0 aliphatic carbocycles. The summed E-state index contributed by atoms with van der Waals surface area (Å²) in [6, 6.07) is 7.95. The lowest BCUT2D eigenvalue weighted by Gasteiger charge is -2.07. The molecule has 0 spiro atoms. The summed E-state index contributed by atoms with van der Waals surface area (Å²) in [5.74, 6) is 0.317. The third-order valence-corrected chi connectivity index (χ3v) is 3.62. The van der Waals surface area contributed by atoms with E-state index in [0.29, 0.717) is 18.6 Å². The SMILES string of the molecule is CC.CCC(=O)CCc1ccc(SNC(=O)C(C)C)cc1. The molecule has 0 aliphatic rings. The standard InChI is InChI=1S/C15H21NO2S.C2H6/c1-4-13(17)8-5-12-6-9-14(10-7-12)19-16-15(18)11(2)3;1-2/h6-7,9-11H,4-5,8H2,1-3H3,(H,16,18);1-2H3. The van der Waals surface area contributed by atoms with Crippen molar-refractivity contribution in [3.8, 4) is 0 Å². The van der Waals surface area contributed by atoms with Crippen LogP contribution in [0.2, 0.25) is 0 Å². The van der Waals surface area contributed by atoms with Gasteiger partial charge in [0.2, 0.25) is 5.91 Å². The van der Waals surface area contributed by atoms with Crippen molar-refractivity contribution in [2.45, 2.75) is 58.8 Å². The Morgan fingerprint density at radius 1 is 1.14 bits per heavy atom. The molecule has 0 bridgehead atoms. The predicted molar refractivity (Wildman–Crippen MR) is 90.2 cm³/mol. The Kier molecular flexibility index (Phi) is 10.7. The lowest BCUT2D eigenvalue weighted by atomic mass is 10.1. The van der Waals surface area contributed by atoms with Gasteiger partial charge in [0, 0.05) is 23.7 Å². The highest BCUT2D eigenvalue weighted by atomic mass is 32.2. The Balaban J connectivity index is 0.00000191. The lowest BCUT2D eigenvalue weighted by Crippen LogP contribution is -2.21. The van der Waals surface area contributed by atoms with E-state index in [9.17, 15) is 9.59 Å². The van der Waals surface area contributed by atoms with E-state index in [-0.39, 0.29) is 11.8 Å². The number of carbonyl (C=O) groups excluding carboxylic acids is 2. The monoisotopic (exact) mass is 309 g/mol. The fraction of sp³-hybridized carbons (Fsp3) is 0.529. The maximum Gasteiger partial charge on any atom is 0.232 e. The zero-order valence-electron chi connectivity index (χ0n) is 13.7. The van der Waals surface area contributed by atoms with Gasteiger partial charge in [-0.05, 0) is 36.1 Å². The van der Waals surface area contributed by atoms with Crippen LogP contribution in [0.4, 0.5) is 0 Å². The van der Waals surface area contributed by atoms with E-state index < -0.39 is 0 Å². The first kappa shape index (κ1) is 19.7. The molecule has 0 fully saturated rings. The molecule has 118 valence electrons. The Bertz CT molecular complexity index is 427. The molecular weight excluding hydrogens is 282 g/mol. The molecule has 0 atom stereocenters. The van der Waals surface area contributed by atoms with Crippen molar-refractivity contribution in [2.24, 2.45) is 5.92 Å². The van der Waals surface area contributed by atoms with Crippen LogP contribution in [0.5, 0.6) is 0 Å². The fourth-order valence-corrected chi connectivity index (χ4v) is 2.14. The van der Waals surface area contributed by atoms with Gasteiger partial charge in [0.1, 0.15) is 5.78 Å². The summed E-state index contributed by atoms with van der Waals surface area (Å²) in [7, 11) is 0. The van der Waals surface area contributed by atoms with Crippen LogP contribution in [0.1, 0.15) is 53.0 Å². The molecular formula is C17H27NO2S. The summed E-state index contributed by atoms with van der Waals surface area (Å²) in [5, 5.41) is 0. The molecule has 1 rings (SSSR count). The van der Waals surface area contributed by atoms with E-state index >= 15 is 0 Å². The smallest absolute Gasteiger partial charge is 0.232 e. The van der Waals surface area contributed by atoms with Crippen LogP contribution in [0, 0.1) is 5.92 Å². The number of Topliss-reactive ketones (excluding diaryl/α,β-unsaturated/α-hetero) is 1. The van der Waals surface area contributed by atoms with Crippen molar-refractivity contribution in [3.05, 3.63) is 29.8 Å². The lowest BCUT2D eigenvalue weighted by molar-refractivity contribution is -0.122. The molecule has 0 saturated carbocycles. The molecule has 0 unspecified atom stereocenters. The van der Waals surface area contributed by atoms with Gasteiger partial charge in [0.15, 0.2) is 0 Å². The van der Waals surface area contributed by atoms with Crippen LogP contribution < -0.4 is 4.72 Å². The van der Waals surface area contributed by atoms with Gasteiger partial charge >= 0.3 is 0 Å². The number of nitrogens with one attached hydrogen (secondary N) is 1. The van der Waals surface area contributed by atoms with Crippen LogP contribution in [0.15, 0.2) is 29.2 Å². The molecule has 0 heterocycles. The van der Waals surface area contributed by atoms with Crippen molar-refractivity contribution in [3.63, 3.8) is 0 Å². The van der Waals surface area contributed by atoms with Crippen LogP contribution >= 0.6 is 11.9 Å². The van der Waals surface area contributed by atoms with Crippen LogP contribution in [-0.4, -0.2) is 11.7 Å². The van der Waals surface area contributed by atoms with Crippen molar-refractivity contribution < 1.29 is 9.59 Å². The van der Waals surface area contributed by atoms with Gasteiger partial charge in [-0.3, -0.25) is 14.3 Å². The fourth-order valence-electron chi connectivity index (χ4n) is 1.41. The molecule has 1 amide bonds. The van der Waals surface area contributed by atoms with E-state index in [1.54, 1.807) is 0 Å². The second kappa shape index (κ2) is 11.4. The van der Waals surface area contributed by atoms with Gasteiger partial charge in [-0.2, -0.15) is 0 Å². The molecule has 1 N–H and O–H groups in total. The normalized spacial score (nSPS) is 9.81. The average molecular weight is 309 g/mol. The first-order valence-electron chi connectivity index (χ1n) is 7.60. The minimum Gasteiger partial charge on any atom is -0.300 e. The number of rotatable bonds is 7. The van der Waals surface area contributed by atoms with E-state index in [1.165, 1.54) is 11.9 Å². The van der Waals surface area contributed by atoms with Gasteiger partial charge in [0.25, 0.3) is 0 Å². The molecule has 0 aliphatic heterocycles. The van der Waals surface area contributed by atoms with Crippen LogP contribution in [0.25, 0.3) is 0 Å². The van der Waals surface area contributed by atoms with E-state index in [1.807, 2.05) is 58.9 Å². The third-order valence-electron chi connectivity index (χ3n) is 2.80. The number of benzene rings is 1. The number of hydrogen-bond acceptors (Lipinski definition) is 3. The van der Waals surface area contributed by atoms with Gasteiger partial charge in [-0.15, -0.1) is 0 Å². The number of hydrogen-bond donors (Lipinski definition) is 1. The maximum absolute atomic E-state index is 11.4. The zero-order chi connectivity index (χ0) is 16.3. The Hall–Kier alpha value is -1.29. The highest BCUT2D eigenvalue weighted by Gasteiger charge is 2.06. The van der Waals surface area contributed by atoms with Gasteiger partial charge < -0.3 is 0 Å². The minimum atomic E-state index is -0.00757. The second-order valence-corrected chi connectivity index (χ2v) is 5.64. The Morgan fingerprint density at radius 3 is 2.19 bits per heavy atom. The topological polar surface area (TPSA) is 46.2 Å². The summed E-state index contributed by atoms with van der Waals surface area (Å²) < 4.78 is 2.80. The van der Waals surface area contributed by atoms with Crippen LogP contribution in [0.3, 0.4) is 0 Å². The number of amides is 1. The molecule has 0 aromatic heterocycles. The van der Waals surface area contributed by atoms with Gasteiger partial charge in [0.05, 0.1) is 0 Å². The maximum atomic E-state index is 11.4. The first-order chi connectivity index (χ1) is 10.0. The van der Waals surface area contributed by atoms with E-state index in [0.717, 1.165) is 16.9 Å². The first-order valence-corrected chi connectivity index (χ1v) is 8.42. The molecule has 0 radical (unpaired) electrons. The van der Waals surface area contributed by atoms with Crippen molar-refractivity contribution in [1.29, 1.82) is 0 Å². The summed E-state index contributed by atoms with van der Waals surface area (Å²) in [6.45, 7) is 9.62. The highest BCUT2D eigenvalue weighted by Crippen LogP contribution is 2.16. The summed E-state index contributed by atoms with van der Waals surface area (Å²) in [5.41, 5.74) is 1.15. The summed E-state index contributed by atoms with van der Waals surface area (Å²) in [6.07, 6.45) is 2.00. The molecule has 3 nitrogen and oxygen atoms in total. The number of aryl methyl sites for hydroxylation is 1. The molecule has 21 heavy (non-hydrogen) atoms. The van der Waals surface area contributed by atoms with E-state index in [2.05, 4.69) is 4.72 Å². The van der Waals surface area contributed by atoms with Crippen molar-refractivity contribution in [2.75, 3.05) is 0 Å². The number of ketones is 1. The zero-order valence-corrected chi connectivity index (χ0v) is 14.5. The molecule has 1 aromatic carbocycles. The Labute approximate surface area is 133 Å². The number of carbonyl (C=O) groups is 2. The average Bonchev–Trinajstić information content (AvgIpc) is 2.52. The quantitative estimate of drug-likeness (QED) is 0.759. The van der Waals surface area contributed by atoms with Crippen molar-refractivity contribution in [1.82, 2.24) is 4.72 Å². The largest absolute Gasteiger partial charge is 0.300 e. The highest BCUT2D eigenvalue weighted by molar-refractivity contribution is 7.98. The van der Waals surface area contributed by atoms with Crippen molar-refractivity contribution >= 4 is 23.6 Å². The molecule has 1 aromatic rings. The minimum absolute atomic E-state index is 0.00757. The second-order valence-electron chi connectivity index (χ2n) is 4.76. The molecule has 4 heteroatoms. The summed E-state index contributed by atoms with van der Waals surface area (Å²) >= 11 is 1.33. The molecule has 0 saturated heterocycles. The third kappa shape index (κ3) is 8.56. The van der Waals surface area contributed by atoms with Gasteiger partial charge in [-0.25, -0.2) is 0 Å². The summed E-state index contributed by atoms with van der Waals surface area (Å²) in [4.78, 5) is 23.7. The predicted octanol–water partition coefficient (Wildman–Crippen LogP) is 4.40.